The highest BCUT2D eigenvalue weighted by molar-refractivity contribution is 5.48. The Morgan fingerprint density at radius 1 is 1.31 bits per heavy atom. The molecule has 13 heavy (non-hydrogen) atoms. The van der Waals surface area contributed by atoms with Gasteiger partial charge < -0.3 is 4.52 Å². The van der Waals surface area contributed by atoms with E-state index in [4.69, 9.17) is 4.52 Å². The van der Waals surface area contributed by atoms with Crippen molar-refractivity contribution in [3.63, 3.8) is 0 Å². The molecule has 0 aliphatic heterocycles. The number of pyridine rings is 1. The van der Waals surface area contributed by atoms with Crippen LogP contribution in [0.5, 0.6) is 0 Å². The zero-order valence-electron chi connectivity index (χ0n) is 7.48. The summed E-state index contributed by atoms with van der Waals surface area (Å²) in [4.78, 5) is 8.22. The standard InChI is InChI=1S/C9H9N3O/c1-6-3-4-10-8(5-6)9-11-7(2)13-12-9/h3-5H,1-2H3. The number of aryl methyl sites for hydroxylation is 2. The highest BCUT2D eigenvalue weighted by Gasteiger charge is 2.05. The molecule has 0 atom stereocenters. The summed E-state index contributed by atoms with van der Waals surface area (Å²) in [6.45, 7) is 3.75. The Balaban J connectivity index is 2.46. The van der Waals surface area contributed by atoms with Crippen molar-refractivity contribution in [2.24, 2.45) is 0 Å². The Morgan fingerprint density at radius 2 is 2.15 bits per heavy atom. The average molecular weight is 175 g/mol. The molecule has 4 nitrogen and oxygen atoms in total. The molecule has 0 saturated heterocycles. The number of hydrogen-bond acceptors (Lipinski definition) is 4. The van der Waals surface area contributed by atoms with Crippen LogP contribution in [0.3, 0.4) is 0 Å². The lowest BCUT2D eigenvalue weighted by atomic mass is 10.2. The van der Waals surface area contributed by atoms with E-state index >= 15 is 0 Å². The third kappa shape index (κ3) is 1.56. The van der Waals surface area contributed by atoms with Crippen LogP contribution in [-0.2, 0) is 0 Å². The summed E-state index contributed by atoms with van der Waals surface area (Å²) in [5.74, 6) is 1.10. The number of nitrogens with zero attached hydrogens (tertiary/aromatic N) is 3. The van der Waals surface area contributed by atoms with Crippen LogP contribution >= 0.6 is 0 Å². The summed E-state index contributed by atoms with van der Waals surface area (Å²) < 4.78 is 4.86. The first-order chi connectivity index (χ1) is 6.25. The second-order valence-corrected chi connectivity index (χ2v) is 2.86. The van der Waals surface area contributed by atoms with Gasteiger partial charge in [-0.2, -0.15) is 4.98 Å². The van der Waals surface area contributed by atoms with Gasteiger partial charge in [0.2, 0.25) is 11.7 Å². The Bertz CT molecular complexity index is 422. The van der Waals surface area contributed by atoms with Crippen molar-refractivity contribution in [1.29, 1.82) is 0 Å². The molecule has 2 aromatic heterocycles. The second-order valence-electron chi connectivity index (χ2n) is 2.86. The molecule has 4 heteroatoms. The molecule has 2 aromatic rings. The van der Waals surface area contributed by atoms with Crippen molar-refractivity contribution in [3.05, 3.63) is 29.8 Å². The van der Waals surface area contributed by atoms with E-state index in [0.717, 1.165) is 11.3 Å². The predicted molar refractivity (Wildman–Crippen MR) is 47.0 cm³/mol. The zero-order chi connectivity index (χ0) is 9.26. The van der Waals surface area contributed by atoms with Crippen molar-refractivity contribution in [2.45, 2.75) is 13.8 Å². The molecule has 0 saturated carbocycles. The van der Waals surface area contributed by atoms with Crippen LogP contribution in [0.4, 0.5) is 0 Å². The number of rotatable bonds is 1. The van der Waals surface area contributed by atoms with E-state index in [1.165, 1.54) is 0 Å². The van der Waals surface area contributed by atoms with E-state index in [1.807, 2.05) is 19.1 Å². The summed E-state index contributed by atoms with van der Waals surface area (Å²) in [6, 6.07) is 3.85. The van der Waals surface area contributed by atoms with Crippen LogP contribution in [-0.4, -0.2) is 15.1 Å². The van der Waals surface area contributed by atoms with E-state index < -0.39 is 0 Å². The van der Waals surface area contributed by atoms with Gasteiger partial charge in [-0.15, -0.1) is 0 Å². The maximum absolute atomic E-state index is 4.86. The summed E-state index contributed by atoms with van der Waals surface area (Å²) >= 11 is 0. The second kappa shape index (κ2) is 2.97. The summed E-state index contributed by atoms with van der Waals surface area (Å²) in [7, 11) is 0. The number of aromatic nitrogens is 3. The van der Waals surface area contributed by atoms with Crippen LogP contribution in [0, 0.1) is 13.8 Å². The molecule has 0 aromatic carbocycles. The lowest BCUT2D eigenvalue weighted by Crippen LogP contribution is -1.86. The van der Waals surface area contributed by atoms with Crippen LogP contribution in [0.1, 0.15) is 11.5 Å². The molecule has 0 unspecified atom stereocenters. The molecule has 0 N–H and O–H groups in total. The van der Waals surface area contributed by atoms with Gasteiger partial charge in [-0.25, -0.2) is 0 Å². The van der Waals surface area contributed by atoms with Gasteiger partial charge in [0.05, 0.1) is 0 Å². The van der Waals surface area contributed by atoms with Gasteiger partial charge in [0, 0.05) is 13.1 Å². The largest absolute Gasteiger partial charge is 0.339 e. The first-order valence-electron chi connectivity index (χ1n) is 3.99. The molecule has 0 spiro atoms. The fourth-order valence-electron chi connectivity index (χ4n) is 1.06. The molecular formula is C9H9N3O. The SMILES string of the molecule is Cc1ccnc(-c2noc(C)n2)c1. The minimum absolute atomic E-state index is 0.543. The van der Waals surface area contributed by atoms with Gasteiger partial charge in [0.15, 0.2) is 0 Å². The van der Waals surface area contributed by atoms with E-state index in [9.17, 15) is 0 Å². The lowest BCUT2D eigenvalue weighted by molar-refractivity contribution is 0.394. The highest BCUT2D eigenvalue weighted by atomic mass is 16.5. The Hall–Kier alpha value is -1.71. The smallest absolute Gasteiger partial charge is 0.223 e. The molecule has 2 heterocycles. The minimum atomic E-state index is 0.543. The molecule has 66 valence electrons. The normalized spacial score (nSPS) is 10.3. The highest BCUT2D eigenvalue weighted by Crippen LogP contribution is 2.13. The van der Waals surface area contributed by atoms with Crippen LogP contribution < -0.4 is 0 Å². The van der Waals surface area contributed by atoms with Crippen LogP contribution in [0.15, 0.2) is 22.9 Å². The lowest BCUT2D eigenvalue weighted by Gasteiger charge is -1.93. The Labute approximate surface area is 75.6 Å². The van der Waals surface area contributed by atoms with Gasteiger partial charge in [-0.3, -0.25) is 4.98 Å². The van der Waals surface area contributed by atoms with E-state index in [1.54, 1.807) is 13.1 Å². The topological polar surface area (TPSA) is 51.8 Å². The van der Waals surface area contributed by atoms with Crippen LogP contribution in [0.25, 0.3) is 11.5 Å². The van der Waals surface area contributed by atoms with Crippen LogP contribution in [0.2, 0.25) is 0 Å². The fraction of sp³-hybridized carbons (Fsp3) is 0.222. The first kappa shape index (κ1) is 7.91. The Kier molecular flexibility index (Phi) is 1.81. The molecule has 0 radical (unpaired) electrons. The Morgan fingerprint density at radius 3 is 2.77 bits per heavy atom. The average Bonchev–Trinajstić information content (AvgIpc) is 2.52. The van der Waals surface area contributed by atoms with Crippen molar-refractivity contribution >= 4 is 0 Å². The van der Waals surface area contributed by atoms with Crippen molar-refractivity contribution in [1.82, 2.24) is 15.1 Å². The van der Waals surface area contributed by atoms with Crippen molar-refractivity contribution < 1.29 is 4.52 Å². The molecule has 0 aliphatic carbocycles. The maximum atomic E-state index is 4.86. The number of hydrogen-bond donors (Lipinski definition) is 0. The van der Waals surface area contributed by atoms with Crippen molar-refractivity contribution in [3.8, 4) is 11.5 Å². The first-order valence-corrected chi connectivity index (χ1v) is 3.99. The van der Waals surface area contributed by atoms with E-state index in [-0.39, 0.29) is 0 Å². The van der Waals surface area contributed by atoms with Gasteiger partial charge in [-0.05, 0) is 24.6 Å². The van der Waals surface area contributed by atoms with Gasteiger partial charge in [0.25, 0.3) is 0 Å². The third-order valence-corrected chi connectivity index (χ3v) is 1.67. The molecule has 2 rings (SSSR count). The van der Waals surface area contributed by atoms with Gasteiger partial charge in [0.1, 0.15) is 5.69 Å². The minimum Gasteiger partial charge on any atom is -0.339 e. The molecule has 0 fully saturated rings. The molecule has 0 bridgehead atoms. The molecule has 0 amide bonds. The van der Waals surface area contributed by atoms with Gasteiger partial charge in [-0.1, -0.05) is 5.16 Å². The van der Waals surface area contributed by atoms with Crippen molar-refractivity contribution in [2.75, 3.05) is 0 Å². The maximum Gasteiger partial charge on any atom is 0.223 e. The zero-order valence-corrected chi connectivity index (χ0v) is 7.48. The quantitative estimate of drug-likeness (QED) is 0.662. The summed E-state index contributed by atoms with van der Waals surface area (Å²) in [5, 5.41) is 3.78. The summed E-state index contributed by atoms with van der Waals surface area (Å²) in [6.07, 6.45) is 1.73. The fourth-order valence-corrected chi connectivity index (χ4v) is 1.06. The molecular weight excluding hydrogens is 166 g/mol. The third-order valence-electron chi connectivity index (χ3n) is 1.67. The van der Waals surface area contributed by atoms with Gasteiger partial charge >= 0.3 is 0 Å². The monoisotopic (exact) mass is 175 g/mol. The summed E-state index contributed by atoms with van der Waals surface area (Å²) in [5.41, 5.74) is 1.88. The predicted octanol–water partition coefficient (Wildman–Crippen LogP) is 1.75. The molecule has 0 aliphatic rings. The van der Waals surface area contributed by atoms with E-state index in [2.05, 4.69) is 15.1 Å². The van der Waals surface area contributed by atoms with E-state index in [0.29, 0.717) is 11.7 Å².